The van der Waals surface area contributed by atoms with Crippen molar-refractivity contribution in [1.29, 1.82) is 0 Å². The molecule has 0 bridgehead atoms. The van der Waals surface area contributed by atoms with Crippen LogP contribution in [-0.2, 0) is 0 Å². The Hall–Kier alpha value is -3.21. The molecule has 0 spiro atoms. The molecular formula is C25H31N3O2. The van der Waals surface area contributed by atoms with Gasteiger partial charge in [-0.25, -0.2) is 0 Å². The highest BCUT2D eigenvalue weighted by molar-refractivity contribution is 5.72. The van der Waals surface area contributed by atoms with Gasteiger partial charge in [-0.05, 0) is 56.2 Å². The van der Waals surface area contributed by atoms with Crippen molar-refractivity contribution in [3.8, 4) is 0 Å². The summed E-state index contributed by atoms with van der Waals surface area (Å²) >= 11 is 0. The van der Waals surface area contributed by atoms with Crippen molar-refractivity contribution in [3.05, 3.63) is 93.6 Å². The fourth-order valence-corrected chi connectivity index (χ4v) is 3.51. The van der Waals surface area contributed by atoms with Crippen molar-refractivity contribution < 1.29 is 4.92 Å². The standard InChI is InChI=1S/C25H31N3O2/c1-20(15-16-24-21(2)12-10-17-25(24,3)4)11-7-5-6-8-18-26-27-22-13-9-14-23(19-22)28(29)30/h5-9,11,13-16,18-19,27H,10,12,17H2,1-4H3/b7-5+,8-6+,16-15+,20-11+,26-18-. The van der Waals surface area contributed by atoms with Gasteiger partial charge < -0.3 is 0 Å². The Bertz CT molecular complexity index is 931. The van der Waals surface area contributed by atoms with Crippen LogP contribution in [0.3, 0.4) is 0 Å². The second kappa shape index (κ2) is 11.1. The largest absolute Gasteiger partial charge is 0.278 e. The molecule has 0 aromatic heterocycles. The fraction of sp³-hybridized carbons (Fsp3) is 0.320. The SMILES string of the molecule is CC1=C(/C=C/C(C)=C/C=C/C=C/C=N\Nc2cccc([N+](=O)[O-])c2)C(C)(C)CCC1. The summed E-state index contributed by atoms with van der Waals surface area (Å²) in [6, 6.07) is 6.22. The van der Waals surface area contributed by atoms with Crippen LogP contribution in [-0.4, -0.2) is 11.1 Å². The summed E-state index contributed by atoms with van der Waals surface area (Å²) in [6.07, 6.45) is 19.5. The second-order valence-electron chi connectivity index (χ2n) is 8.14. The molecule has 0 fully saturated rings. The molecule has 5 heteroatoms. The zero-order valence-corrected chi connectivity index (χ0v) is 18.3. The van der Waals surface area contributed by atoms with E-state index in [-0.39, 0.29) is 11.1 Å². The first-order chi connectivity index (χ1) is 14.3. The topological polar surface area (TPSA) is 67.5 Å². The van der Waals surface area contributed by atoms with Gasteiger partial charge in [0.2, 0.25) is 0 Å². The molecule has 2 rings (SSSR count). The molecular weight excluding hydrogens is 374 g/mol. The van der Waals surface area contributed by atoms with Crippen LogP contribution in [0.1, 0.15) is 47.0 Å². The third-order valence-electron chi connectivity index (χ3n) is 5.16. The summed E-state index contributed by atoms with van der Waals surface area (Å²) in [4.78, 5) is 10.3. The predicted molar refractivity (Wildman–Crippen MR) is 127 cm³/mol. The van der Waals surface area contributed by atoms with Crippen LogP contribution in [0.2, 0.25) is 0 Å². The van der Waals surface area contributed by atoms with Crippen molar-refractivity contribution in [1.82, 2.24) is 0 Å². The third kappa shape index (κ3) is 7.32. The van der Waals surface area contributed by atoms with E-state index in [0.717, 1.165) is 0 Å². The minimum atomic E-state index is -0.432. The van der Waals surface area contributed by atoms with Gasteiger partial charge >= 0.3 is 0 Å². The van der Waals surface area contributed by atoms with Crippen molar-refractivity contribution in [3.63, 3.8) is 0 Å². The highest BCUT2D eigenvalue weighted by atomic mass is 16.6. The molecule has 1 N–H and O–H groups in total. The molecule has 1 aliphatic carbocycles. The summed E-state index contributed by atoms with van der Waals surface area (Å²) in [5, 5.41) is 14.8. The van der Waals surface area contributed by atoms with Gasteiger partial charge in [-0.15, -0.1) is 0 Å². The molecule has 1 aromatic rings. The summed E-state index contributed by atoms with van der Waals surface area (Å²) < 4.78 is 0. The van der Waals surface area contributed by atoms with Crippen LogP contribution in [0.15, 0.2) is 88.6 Å². The lowest BCUT2D eigenvalue weighted by Gasteiger charge is -2.32. The number of rotatable bonds is 8. The number of benzene rings is 1. The van der Waals surface area contributed by atoms with Crippen LogP contribution >= 0.6 is 0 Å². The molecule has 0 atom stereocenters. The average molecular weight is 406 g/mol. The Morgan fingerprint density at radius 3 is 2.73 bits per heavy atom. The fourth-order valence-electron chi connectivity index (χ4n) is 3.51. The number of nitro benzene ring substituents is 1. The highest BCUT2D eigenvalue weighted by Gasteiger charge is 2.26. The van der Waals surface area contributed by atoms with E-state index in [1.54, 1.807) is 24.4 Å². The second-order valence-corrected chi connectivity index (χ2v) is 8.14. The maximum atomic E-state index is 10.8. The number of nitro groups is 1. The van der Waals surface area contributed by atoms with Gasteiger partial charge in [0, 0.05) is 18.3 Å². The van der Waals surface area contributed by atoms with Gasteiger partial charge in [-0.2, -0.15) is 5.10 Å². The van der Waals surface area contributed by atoms with E-state index in [2.05, 4.69) is 56.5 Å². The van der Waals surface area contributed by atoms with E-state index in [4.69, 9.17) is 0 Å². The molecule has 30 heavy (non-hydrogen) atoms. The molecule has 0 unspecified atom stereocenters. The minimum Gasteiger partial charge on any atom is -0.278 e. The number of hydrogen-bond donors (Lipinski definition) is 1. The van der Waals surface area contributed by atoms with E-state index in [1.807, 2.05) is 18.2 Å². The molecule has 1 aromatic carbocycles. The molecule has 0 saturated carbocycles. The Labute approximate surface area is 179 Å². The number of anilines is 1. The highest BCUT2D eigenvalue weighted by Crippen LogP contribution is 2.40. The molecule has 0 saturated heterocycles. The Balaban J connectivity index is 1.84. The van der Waals surface area contributed by atoms with Crippen molar-refractivity contribution in [2.45, 2.75) is 47.0 Å². The van der Waals surface area contributed by atoms with Crippen molar-refractivity contribution >= 4 is 17.6 Å². The van der Waals surface area contributed by atoms with Crippen LogP contribution in [0.25, 0.3) is 0 Å². The summed E-state index contributed by atoms with van der Waals surface area (Å²) in [6.45, 7) is 9.00. The first-order valence-electron chi connectivity index (χ1n) is 10.2. The monoisotopic (exact) mass is 405 g/mol. The molecule has 0 amide bonds. The number of nitrogens with zero attached hydrogens (tertiary/aromatic N) is 2. The van der Waals surface area contributed by atoms with Gasteiger partial charge in [0.1, 0.15) is 0 Å². The van der Waals surface area contributed by atoms with Gasteiger partial charge in [0.05, 0.1) is 10.6 Å². The molecule has 1 aliphatic rings. The first kappa shape index (κ1) is 23.1. The van der Waals surface area contributed by atoms with Crippen molar-refractivity contribution in [2.24, 2.45) is 10.5 Å². The molecule has 0 aliphatic heterocycles. The molecule has 5 nitrogen and oxygen atoms in total. The minimum absolute atomic E-state index is 0.0309. The number of hydrogen-bond acceptors (Lipinski definition) is 4. The van der Waals surface area contributed by atoms with E-state index in [9.17, 15) is 10.1 Å². The third-order valence-corrected chi connectivity index (χ3v) is 5.16. The van der Waals surface area contributed by atoms with E-state index < -0.39 is 4.92 Å². The normalized spacial score (nSPS) is 17.7. The van der Waals surface area contributed by atoms with E-state index >= 15 is 0 Å². The maximum Gasteiger partial charge on any atom is 0.271 e. The van der Waals surface area contributed by atoms with Gasteiger partial charge in [-0.3, -0.25) is 15.5 Å². The summed E-state index contributed by atoms with van der Waals surface area (Å²) in [7, 11) is 0. The van der Waals surface area contributed by atoms with Crippen LogP contribution in [0, 0.1) is 15.5 Å². The molecule has 0 radical (unpaired) electrons. The lowest BCUT2D eigenvalue weighted by atomic mass is 9.72. The van der Waals surface area contributed by atoms with Crippen LogP contribution in [0.4, 0.5) is 11.4 Å². The summed E-state index contributed by atoms with van der Waals surface area (Å²) in [5.41, 5.74) is 7.81. The van der Waals surface area contributed by atoms with E-state index in [0.29, 0.717) is 5.69 Å². The van der Waals surface area contributed by atoms with Crippen LogP contribution < -0.4 is 5.43 Å². The molecule has 158 valence electrons. The predicted octanol–water partition coefficient (Wildman–Crippen LogP) is 7.13. The van der Waals surface area contributed by atoms with Gasteiger partial charge in [0.15, 0.2) is 0 Å². The first-order valence-corrected chi connectivity index (χ1v) is 10.2. The Kier molecular flexibility index (Phi) is 8.54. The zero-order chi connectivity index (χ0) is 22.0. The van der Waals surface area contributed by atoms with Crippen molar-refractivity contribution in [2.75, 3.05) is 5.43 Å². The lowest BCUT2D eigenvalue weighted by molar-refractivity contribution is -0.384. The Morgan fingerprint density at radius 1 is 1.23 bits per heavy atom. The number of non-ortho nitro benzene ring substituents is 1. The Morgan fingerprint density at radius 2 is 2.00 bits per heavy atom. The molecule has 0 heterocycles. The van der Waals surface area contributed by atoms with E-state index in [1.165, 1.54) is 48.1 Å². The van der Waals surface area contributed by atoms with Gasteiger partial charge in [-0.1, -0.05) is 67.5 Å². The maximum absolute atomic E-state index is 10.8. The smallest absolute Gasteiger partial charge is 0.271 e. The summed E-state index contributed by atoms with van der Waals surface area (Å²) in [5.74, 6) is 0. The van der Waals surface area contributed by atoms with Crippen LogP contribution in [0.5, 0.6) is 0 Å². The number of allylic oxidation sites excluding steroid dienone is 10. The zero-order valence-electron chi connectivity index (χ0n) is 18.3. The lowest BCUT2D eigenvalue weighted by Crippen LogP contribution is -2.19. The number of hydrazone groups is 1. The number of nitrogens with one attached hydrogen (secondary N) is 1. The quantitative estimate of drug-likeness (QED) is 0.216. The average Bonchev–Trinajstić information content (AvgIpc) is 2.69. The van der Waals surface area contributed by atoms with Gasteiger partial charge in [0.25, 0.3) is 5.69 Å².